The molecule has 2 heterocycles. The summed E-state index contributed by atoms with van der Waals surface area (Å²) in [5.41, 5.74) is 7.99. The minimum Gasteiger partial charge on any atom is -0.384 e. The minimum atomic E-state index is 0.565. The zero-order chi connectivity index (χ0) is 10.7. The fourth-order valence-electron chi connectivity index (χ4n) is 1.61. The van der Waals surface area contributed by atoms with Crippen LogP contribution in [0.3, 0.4) is 0 Å². The predicted molar refractivity (Wildman–Crippen MR) is 59.4 cm³/mol. The average molecular weight is 202 g/mol. The van der Waals surface area contributed by atoms with Gasteiger partial charge in [0.25, 0.3) is 0 Å². The fraction of sp³-hybridized carbons (Fsp3) is 0.273. The number of anilines is 1. The van der Waals surface area contributed by atoms with Crippen molar-refractivity contribution in [3.8, 4) is 0 Å². The first kappa shape index (κ1) is 9.71. The minimum absolute atomic E-state index is 0.565. The Balaban J connectivity index is 2.22. The van der Waals surface area contributed by atoms with E-state index in [1.807, 2.05) is 29.1 Å². The van der Waals surface area contributed by atoms with Crippen molar-refractivity contribution in [3.63, 3.8) is 0 Å². The molecule has 0 bridgehead atoms. The van der Waals surface area contributed by atoms with Gasteiger partial charge in [-0.2, -0.15) is 5.10 Å². The second-order valence-electron chi connectivity index (χ2n) is 3.40. The lowest BCUT2D eigenvalue weighted by Crippen LogP contribution is -2.03. The summed E-state index contributed by atoms with van der Waals surface area (Å²) in [6, 6.07) is 5.90. The topological polar surface area (TPSA) is 56.7 Å². The van der Waals surface area contributed by atoms with Gasteiger partial charge in [-0.15, -0.1) is 0 Å². The van der Waals surface area contributed by atoms with Crippen LogP contribution in [0.2, 0.25) is 0 Å². The molecule has 15 heavy (non-hydrogen) atoms. The average Bonchev–Trinajstić information content (AvgIpc) is 2.65. The second-order valence-corrected chi connectivity index (χ2v) is 3.40. The highest BCUT2D eigenvalue weighted by molar-refractivity contribution is 5.33. The first-order valence-corrected chi connectivity index (χ1v) is 5.00. The lowest BCUT2D eigenvalue weighted by atomic mass is 10.1. The Hall–Kier alpha value is -1.84. The molecule has 0 saturated heterocycles. The van der Waals surface area contributed by atoms with Crippen molar-refractivity contribution in [1.29, 1.82) is 0 Å². The fourth-order valence-corrected chi connectivity index (χ4v) is 1.61. The molecule has 0 amide bonds. The number of nitrogen functional groups attached to an aromatic ring is 1. The molecule has 2 N–H and O–H groups in total. The van der Waals surface area contributed by atoms with E-state index < -0.39 is 0 Å². The van der Waals surface area contributed by atoms with Crippen molar-refractivity contribution >= 4 is 5.82 Å². The highest BCUT2D eigenvalue weighted by atomic mass is 15.3. The lowest BCUT2D eigenvalue weighted by Gasteiger charge is -2.04. The Kier molecular flexibility index (Phi) is 2.67. The van der Waals surface area contributed by atoms with Crippen LogP contribution < -0.4 is 5.73 Å². The van der Waals surface area contributed by atoms with Crippen molar-refractivity contribution in [2.24, 2.45) is 0 Å². The van der Waals surface area contributed by atoms with Crippen molar-refractivity contribution in [3.05, 3.63) is 41.9 Å². The number of pyridine rings is 1. The van der Waals surface area contributed by atoms with Crippen LogP contribution in [0.5, 0.6) is 0 Å². The summed E-state index contributed by atoms with van der Waals surface area (Å²) in [5.74, 6) is 0.565. The first-order chi connectivity index (χ1) is 7.29. The van der Waals surface area contributed by atoms with Crippen LogP contribution in [0, 0.1) is 0 Å². The smallest absolute Gasteiger partial charge is 0.123 e. The lowest BCUT2D eigenvalue weighted by molar-refractivity contribution is 0.630. The summed E-state index contributed by atoms with van der Waals surface area (Å²) in [4.78, 5) is 3.97. The maximum absolute atomic E-state index is 5.62. The first-order valence-electron chi connectivity index (χ1n) is 5.00. The number of hydrogen-bond donors (Lipinski definition) is 1. The van der Waals surface area contributed by atoms with Gasteiger partial charge in [0.05, 0.1) is 0 Å². The molecular formula is C11H14N4. The van der Waals surface area contributed by atoms with Crippen LogP contribution in [-0.2, 0) is 13.0 Å². The summed E-state index contributed by atoms with van der Waals surface area (Å²) in [6.07, 6.45) is 4.40. The van der Waals surface area contributed by atoms with E-state index in [0.717, 1.165) is 18.5 Å². The number of nitrogens with zero attached hydrogens (tertiary/aromatic N) is 3. The van der Waals surface area contributed by atoms with E-state index in [1.165, 1.54) is 5.69 Å². The van der Waals surface area contributed by atoms with E-state index in [2.05, 4.69) is 17.0 Å². The van der Waals surface area contributed by atoms with Gasteiger partial charge in [-0.3, -0.25) is 4.68 Å². The van der Waals surface area contributed by atoms with Gasteiger partial charge in [0, 0.05) is 31.1 Å². The summed E-state index contributed by atoms with van der Waals surface area (Å²) >= 11 is 0. The van der Waals surface area contributed by atoms with E-state index in [-0.39, 0.29) is 0 Å². The summed E-state index contributed by atoms with van der Waals surface area (Å²) in [7, 11) is 0. The molecule has 78 valence electrons. The van der Waals surface area contributed by atoms with Crippen LogP contribution in [0.4, 0.5) is 5.82 Å². The number of nitrogens with two attached hydrogens (primary N) is 1. The van der Waals surface area contributed by atoms with Crippen LogP contribution in [-0.4, -0.2) is 14.8 Å². The molecule has 2 aromatic heterocycles. The van der Waals surface area contributed by atoms with Crippen LogP contribution >= 0.6 is 0 Å². The molecule has 0 radical (unpaired) electrons. The Labute approximate surface area is 88.8 Å². The van der Waals surface area contributed by atoms with E-state index in [1.54, 1.807) is 6.20 Å². The molecule has 4 heteroatoms. The van der Waals surface area contributed by atoms with E-state index >= 15 is 0 Å². The summed E-state index contributed by atoms with van der Waals surface area (Å²) < 4.78 is 1.98. The Morgan fingerprint density at radius 1 is 1.33 bits per heavy atom. The molecule has 0 aliphatic carbocycles. The molecule has 0 saturated carbocycles. The Bertz CT molecular complexity index is 447. The van der Waals surface area contributed by atoms with Gasteiger partial charge in [-0.1, -0.05) is 0 Å². The van der Waals surface area contributed by atoms with E-state index in [9.17, 15) is 0 Å². The van der Waals surface area contributed by atoms with Gasteiger partial charge in [-0.05, 0) is 30.7 Å². The van der Waals surface area contributed by atoms with Crippen molar-refractivity contribution in [1.82, 2.24) is 14.8 Å². The van der Waals surface area contributed by atoms with Crippen LogP contribution in [0.15, 0.2) is 30.6 Å². The van der Waals surface area contributed by atoms with Gasteiger partial charge in [0.2, 0.25) is 0 Å². The number of aryl methyl sites for hydroxylation is 1. The van der Waals surface area contributed by atoms with Crippen molar-refractivity contribution < 1.29 is 0 Å². The third kappa shape index (κ3) is 2.15. The molecule has 4 nitrogen and oxygen atoms in total. The standard InChI is InChI=1S/C11H14N4/c1-2-15-10(4-6-14-15)7-9-3-5-13-11(12)8-9/h3-6,8H,2,7H2,1H3,(H2,12,13). The zero-order valence-electron chi connectivity index (χ0n) is 8.72. The van der Waals surface area contributed by atoms with Gasteiger partial charge in [-0.25, -0.2) is 4.98 Å². The van der Waals surface area contributed by atoms with Crippen molar-refractivity contribution in [2.45, 2.75) is 19.9 Å². The molecule has 0 spiro atoms. The van der Waals surface area contributed by atoms with Gasteiger partial charge in [0.1, 0.15) is 5.82 Å². The SMILES string of the molecule is CCn1nccc1Cc1ccnc(N)c1. The Morgan fingerprint density at radius 2 is 2.20 bits per heavy atom. The third-order valence-corrected chi connectivity index (χ3v) is 2.33. The van der Waals surface area contributed by atoms with E-state index in [0.29, 0.717) is 5.82 Å². The largest absolute Gasteiger partial charge is 0.384 e. The van der Waals surface area contributed by atoms with Crippen LogP contribution in [0.25, 0.3) is 0 Å². The normalized spacial score (nSPS) is 10.5. The summed E-state index contributed by atoms with van der Waals surface area (Å²) in [5, 5.41) is 4.22. The molecule has 0 atom stereocenters. The number of hydrogen-bond acceptors (Lipinski definition) is 3. The van der Waals surface area contributed by atoms with Gasteiger partial charge >= 0.3 is 0 Å². The highest BCUT2D eigenvalue weighted by Crippen LogP contribution is 2.10. The molecule has 2 aromatic rings. The van der Waals surface area contributed by atoms with Crippen LogP contribution in [0.1, 0.15) is 18.2 Å². The molecular weight excluding hydrogens is 188 g/mol. The summed E-state index contributed by atoms with van der Waals surface area (Å²) in [6.45, 7) is 2.97. The van der Waals surface area contributed by atoms with Gasteiger partial charge in [0.15, 0.2) is 0 Å². The Morgan fingerprint density at radius 3 is 2.93 bits per heavy atom. The maximum atomic E-state index is 5.62. The monoisotopic (exact) mass is 202 g/mol. The molecule has 0 aliphatic heterocycles. The van der Waals surface area contributed by atoms with Gasteiger partial charge < -0.3 is 5.73 Å². The van der Waals surface area contributed by atoms with Crippen molar-refractivity contribution in [2.75, 3.05) is 5.73 Å². The highest BCUT2D eigenvalue weighted by Gasteiger charge is 2.02. The second kappa shape index (κ2) is 4.13. The molecule has 0 fully saturated rings. The number of rotatable bonds is 3. The zero-order valence-corrected chi connectivity index (χ0v) is 8.72. The molecule has 0 unspecified atom stereocenters. The predicted octanol–water partition coefficient (Wildman–Crippen LogP) is 1.47. The maximum Gasteiger partial charge on any atom is 0.123 e. The molecule has 0 aromatic carbocycles. The number of aromatic nitrogens is 3. The molecule has 2 rings (SSSR count). The van der Waals surface area contributed by atoms with E-state index in [4.69, 9.17) is 5.73 Å². The third-order valence-electron chi connectivity index (χ3n) is 2.33. The molecule has 0 aliphatic rings. The quantitative estimate of drug-likeness (QED) is 0.820.